The van der Waals surface area contributed by atoms with E-state index in [1.165, 1.54) is 23.2 Å². The van der Waals surface area contributed by atoms with Crippen molar-refractivity contribution in [2.75, 3.05) is 54.4 Å². The number of aliphatic hydroxyl groups is 1. The molecule has 2 amide bonds. The van der Waals surface area contributed by atoms with E-state index in [1.54, 1.807) is 28.7 Å². The third kappa shape index (κ3) is 8.17. The third-order valence-corrected chi connectivity index (χ3v) is 15.2. The number of fused-ring (bicyclic) bond motifs is 7. The Labute approximate surface area is 387 Å². The molecule has 67 heavy (non-hydrogen) atoms. The van der Waals surface area contributed by atoms with Gasteiger partial charge >= 0.3 is 0 Å². The first kappa shape index (κ1) is 42.9. The molecule has 0 saturated carbocycles. The van der Waals surface area contributed by atoms with Gasteiger partial charge in [0.25, 0.3) is 17.0 Å². The largest absolute Gasteiger partial charge is 0.384 e. The van der Waals surface area contributed by atoms with Gasteiger partial charge in [0.15, 0.2) is 11.5 Å². The molecule has 0 aliphatic carbocycles. The lowest BCUT2D eigenvalue weighted by Crippen LogP contribution is -2.52. The van der Waals surface area contributed by atoms with E-state index in [9.17, 15) is 24.3 Å². The van der Waals surface area contributed by atoms with Crippen LogP contribution in [0.5, 0.6) is 0 Å². The molecule has 346 valence electrons. The van der Waals surface area contributed by atoms with E-state index in [1.807, 2.05) is 54.6 Å². The predicted molar refractivity (Wildman–Crippen MR) is 256 cm³/mol. The molecule has 11 rings (SSSR count). The maximum Gasteiger partial charge on any atom is 0.278 e. The minimum absolute atomic E-state index is 0.188. The molecule has 17 nitrogen and oxygen atoms in total. The van der Waals surface area contributed by atoms with Gasteiger partial charge in [-0.1, -0.05) is 24.3 Å². The van der Waals surface area contributed by atoms with E-state index < -0.39 is 17.6 Å². The number of carbonyl (C=O) groups excluding carboxylic acids is 2. The van der Waals surface area contributed by atoms with Gasteiger partial charge in [0.1, 0.15) is 17.0 Å². The molecule has 3 N–H and O–H groups in total. The first-order valence-electron chi connectivity index (χ1n) is 23.8. The normalized spacial score (nSPS) is 23.2. The van der Waals surface area contributed by atoms with Crippen LogP contribution in [-0.2, 0) is 21.7 Å². The van der Waals surface area contributed by atoms with E-state index in [0.717, 1.165) is 81.7 Å². The van der Waals surface area contributed by atoms with Gasteiger partial charge in [0.05, 0.1) is 23.8 Å². The number of amides is 2. The number of hydrogen-bond donors (Lipinski definition) is 3. The third-order valence-electron chi connectivity index (χ3n) is 15.2. The van der Waals surface area contributed by atoms with E-state index in [-0.39, 0.29) is 29.9 Å². The van der Waals surface area contributed by atoms with Crippen LogP contribution in [0.1, 0.15) is 82.9 Å². The zero-order chi connectivity index (χ0) is 45.9. The minimum atomic E-state index is -1.12. The summed E-state index contributed by atoms with van der Waals surface area (Å²) in [6.45, 7) is 8.26. The Kier molecular flexibility index (Phi) is 11.0. The molecule has 2 atom stereocenters. The van der Waals surface area contributed by atoms with Crippen molar-refractivity contribution in [1.29, 1.82) is 0 Å². The van der Waals surface area contributed by atoms with Crippen LogP contribution < -0.4 is 31.6 Å². The number of imide groups is 1. The van der Waals surface area contributed by atoms with Crippen molar-refractivity contribution < 1.29 is 14.7 Å². The predicted octanol–water partition coefficient (Wildman–Crippen LogP) is 5.32. The first-order chi connectivity index (χ1) is 32.5. The summed E-state index contributed by atoms with van der Waals surface area (Å²) in [6.07, 6.45) is 15.7. The summed E-state index contributed by atoms with van der Waals surface area (Å²) in [5.41, 5.74) is 2.75. The zero-order valence-corrected chi connectivity index (χ0v) is 37.8. The number of nitrogens with zero attached hydrogens (tertiary/aromatic N) is 10. The molecule has 4 fully saturated rings. The number of likely N-dealkylation sites (tertiary alicyclic amines) is 1. The summed E-state index contributed by atoms with van der Waals surface area (Å²) in [7, 11) is 0. The second kappa shape index (κ2) is 17.2. The number of rotatable bonds is 6. The Hall–Kier alpha value is -6.72. The van der Waals surface area contributed by atoms with Gasteiger partial charge in [0.2, 0.25) is 11.9 Å². The van der Waals surface area contributed by atoms with Crippen LogP contribution >= 0.6 is 0 Å². The van der Waals surface area contributed by atoms with Crippen LogP contribution in [0.15, 0.2) is 94.8 Å². The smallest absolute Gasteiger partial charge is 0.278 e. The maximum atomic E-state index is 13.6. The highest BCUT2D eigenvalue weighted by atomic mass is 16.3. The summed E-state index contributed by atoms with van der Waals surface area (Å²) >= 11 is 0. The fourth-order valence-corrected chi connectivity index (χ4v) is 11.1. The van der Waals surface area contributed by atoms with Crippen LogP contribution in [0.3, 0.4) is 0 Å². The molecular weight excluding hydrogens is 849 g/mol. The fraction of sp³-hybridized carbons (Fsp3) is 0.440. The average molecular weight is 905 g/mol. The maximum absolute atomic E-state index is 13.6. The topological polar surface area (TPSA) is 189 Å². The highest BCUT2D eigenvalue weighted by Gasteiger charge is 2.40. The van der Waals surface area contributed by atoms with Crippen LogP contribution in [-0.4, -0.2) is 101 Å². The van der Waals surface area contributed by atoms with Crippen LogP contribution in [0.25, 0.3) is 27.6 Å². The molecule has 5 aliphatic heterocycles. The monoisotopic (exact) mass is 904 g/mol. The van der Waals surface area contributed by atoms with E-state index in [2.05, 4.69) is 53.6 Å². The number of anilines is 4. The highest BCUT2D eigenvalue weighted by molar-refractivity contribution is 5.99. The number of piperidine rings is 4. The van der Waals surface area contributed by atoms with E-state index in [0.29, 0.717) is 64.7 Å². The number of pyridine rings is 1. The van der Waals surface area contributed by atoms with Gasteiger partial charge in [0, 0.05) is 67.3 Å². The molecule has 2 bridgehead atoms. The van der Waals surface area contributed by atoms with Crippen molar-refractivity contribution in [3.63, 3.8) is 0 Å². The van der Waals surface area contributed by atoms with E-state index in [4.69, 9.17) is 9.97 Å². The highest BCUT2D eigenvalue weighted by Crippen LogP contribution is 2.43. The molecule has 4 saturated heterocycles. The molecule has 1 unspecified atom stereocenters. The van der Waals surface area contributed by atoms with Crippen molar-refractivity contribution >= 4 is 56.6 Å². The number of nitrogens with one attached hydrogen (secondary N) is 2. The number of carbonyl (C=O) groups is 2. The second-order valence-electron chi connectivity index (χ2n) is 19.3. The zero-order valence-electron chi connectivity index (χ0n) is 37.8. The first-order valence-corrected chi connectivity index (χ1v) is 23.8. The molecule has 4 aromatic heterocycles. The van der Waals surface area contributed by atoms with Crippen molar-refractivity contribution in [2.24, 2.45) is 5.41 Å². The molecule has 0 radical (unpaired) electrons. The van der Waals surface area contributed by atoms with Crippen molar-refractivity contribution in [1.82, 2.24) is 44.3 Å². The number of benzene rings is 2. The lowest BCUT2D eigenvalue weighted by atomic mass is 9.71. The lowest BCUT2D eigenvalue weighted by Gasteiger charge is -2.50. The summed E-state index contributed by atoms with van der Waals surface area (Å²) in [4.78, 5) is 73.2. The quantitative estimate of drug-likeness (QED) is 0.144. The van der Waals surface area contributed by atoms with Gasteiger partial charge in [-0.25, -0.2) is 24.0 Å². The molecule has 6 aromatic rings. The number of hydrogen-bond acceptors (Lipinski definition) is 13. The summed E-state index contributed by atoms with van der Waals surface area (Å²) in [6, 6.07) is 19.6. The van der Waals surface area contributed by atoms with Crippen LogP contribution in [0, 0.1) is 5.41 Å². The van der Waals surface area contributed by atoms with Gasteiger partial charge in [-0.3, -0.25) is 24.5 Å². The van der Waals surface area contributed by atoms with Gasteiger partial charge in [-0.15, -0.1) is 0 Å². The van der Waals surface area contributed by atoms with E-state index >= 15 is 0 Å². The molecule has 17 heteroatoms. The average Bonchev–Trinajstić information content (AvgIpc) is 3.61. The van der Waals surface area contributed by atoms with Gasteiger partial charge < -0.3 is 25.1 Å². The van der Waals surface area contributed by atoms with Crippen molar-refractivity contribution in [3.05, 3.63) is 112 Å². The fourth-order valence-electron chi connectivity index (χ4n) is 11.1. The molecular formula is C50H56N12O5. The Bertz CT molecular complexity index is 3020. The number of allylic oxidation sites excluding steroid dienone is 2. The van der Waals surface area contributed by atoms with Gasteiger partial charge in [-0.05, 0) is 132 Å². The standard InChI is InChI=1S/C50H56N12O5/c1-49(67)18-3-2-4-23-60-46(65)39-32-51-48(56-44(39)62(60)42-7-5-6-41(49)54-42)53-34-9-12-35(13-10-34)57-24-16-36(17-25-57)58-26-19-50(20-27-58)21-28-59(29-22-50)37-11-8-33-31-52-61(47(66)38(33)30-37)40-14-15-43(63)55-45(40)64/h2,4-13,30-32,36,40,67H,3,14-29H2,1H3,(H,51,53,56)(H,55,63,64)/b4-2-/t40?,49-/m1/s1. The molecule has 5 aliphatic rings. The Morgan fingerprint density at radius 1 is 0.761 bits per heavy atom. The molecule has 9 heterocycles. The summed E-state index contributed by atoms with van der Waals surface area (Å²) < 4.78 is 4.57. The van der Waals surface area contributed by atoms with Gasteiger partial charge in [-0.2, -0.15) is 10.1 Å². The summed E-state index contributed by atoms with van der Waals surface area (Å²) in [5.74, 6) is 0.0771. The second-order valence-corrected chi connectivity index (χ2v) is 19.3. The summed E-state index contributed by atoms with van der Waals surface area (Å²) in [5, 5.41) is 22.9. The molecule has 2 aromatic carbocycles. The van der Waals surface area contributed by atoms with Crippen LogP contribution in [0.2, 0.25) is 0 Å². The van der Waals surface area contributed by atoms with Crippen molar-refractivity contribution in [3.8, 4) is 5.82 Å². The lowest BCUT2D eigenvalue weighted by molar-refractivity contribution is -0.136. The Morgan fingerprint density at radius 2 is 1.51 bits per heavy atom. The Balaban J connectivity index is 0.688. The Morgan fingerprint density at radius 3 is 2.28 bits per heavy atom. The minimum Gasteiger partial charge on any atom is -0.384 e. The van der Waals surface area contributed by atoms with Crippen LogP contribution in [0.4, 0.5) is 23.0 Å². The SMILES string of the molecule is C[C@@]1(O)CC/C=C\Cn2c(=O)c3cnc(Nc4ccc(N5CCC(N6CCC7(CCN(c8ccc9cnn(C%10CCC(=O)NC%10=O)c(=O)c9c8)CC7)CC6)CC5)cc4)nc3n2-c2cccc1n2. The van der Waals surface area contributed by atoms with Crippen molar-refractivity contribution in [2.45, 2.75) is 95.4 Å². The number of aromatic nitrogens is 7. The molecule has 1 spiro atoms.